The Balaban J connectivity index is 1.28. The first-order valence-electron chi connectivity index (χ1n) is 11.8. The maximum Gasteiger partial charge on any atom is 0.338 e. The van der Waals surface area contributed by atoms with Crippen molar-refractivity contribution in [2.45, 2.75) is 45.4 Å². The van der Waals surface area contributed by atoms with E-state index in [0.717, 1.165) is 29.9 Å². The van der Waals surface area contributed by atoms with Crippen molar-refractivity contribution in [2.24, 2.45) is 0 Å². The van der Waals surface area contributed by atoms with Crippen molar-refractivity contribution in [2.75, 3.05) is 19.8 Å². The number of tetrazole rings is 1. The molecule has 2 aliphatic rings. The number of fused-ring (bicyclic) bond motifs is 1. The maximum absolute atomic E-state index is 13.2. The summed E-state index contributed by atoms with van der Waals surface area (Å²) in [5.74, 6) is 1.29. The van der Waals surface area contributed by atoms with Crippen molar-refractivity contribution in [3.8, 4) is 22.9 Å². The minimum absolute atomic E-state index is 0.0247. The first kappa shape index (κ1) is 22.8. The highest BCUT2D eigenvalue weighted by Gasteiger charge is 2.31. The van der Waals surface area contributed by atoms with Gasteiger partial charge in [-0.3, -0.25) is 4.79 Å². The van der Waals surface area contributed by atoms with E-state index in [1.165, 1.54) is 4.80 Å². The van der Waals surface area contributed by atoms with Gasteiger partial charge in [0.25, 0.3) is 0 Å². The summed E-state index contributed by atoms with van der Waals surface area (Å²) in [4.78, 5) is 28.5. The van der Waals surface area contributed by atoms with Crippen LogP contribution in [0.1, 0.15) is 48.7 Å². The first-order chi connectivity index (χ1) is 17.0. The molecule has 182 valence electrons. The van der Waals surface area contributed by atoms with Crippen LogP contribution in [-0.2, 0) is 16.1 Å². The van der Waals surface area contributed by atoms with Crippen molar-refractivity contribution in [3.05, 3.63) is 53.6 Å². The molecular weight excluding hydrogens is 450 g/mol. The minimum atomic E-state index is -0.413. The number of aromatic nitrogens is 4. The molecule has 5 rings (SSSR count). The van der Waals surface area contributed by atoms with Gasteiger partial charge in [0.2, 0.25) is 11.7 Å². The zero-order valence-electron chi connectivity index (χ0n) is 19.7. The van der Waals surface area contributed by atoms with Gasteiger partial charge in [0, 0.05) is 12.1 Å². The van der Waals surface area contributed by atoms with Crippen LogP contribution in [0.4, 0.5) is 0 Å². The maximum atomic E-state index is 13.2. The fourth-order valence-electron chi connectivity index (χ4n) is 4.38. The summed E-state index contributed by atoms with van der Waals surface area (Å²) >= 11 is 0. The van der Waals surface area contributed by atoms with Gasteiger partial charge in [-0.15, -0.1) is 10.2 Å². The number of ether oxygens (including phenoxy) is 3. The van der Waals surface area contributed by atoms with Gasteiger partial charge >= 0.3 is 5.97 Å². The van der Waals surface area contributed by atoms with Crippen LogP contribution in [0.2, 0.25) is 0 Å². The van der Waals surface area contributed by atoms with Crippen LogP contribution in [0.25, 0.3) is 11.4 Å². The number of esters is 1. The van der Waals surface area contributed by atoms with Crippen LogP contribution < -0.4 is 9.47 Å². The Morgan fingerprint density at radius 1 is 1.11 bits per heavy atom. The molecule has 3 aromatic rings. The van der Waals surface area contributed by atoms with E-state index < -0.39 is 5.97 Å². The number of nitrogens with zero attached hydrogens (tertiary/aromatic N) is 5. The van der Waals surface area contributed by atoms with Crippen LogP contribution in [-0.4, -0.2) is 62.8 Å². The third kappa shape index (κ3) is 4.96. The lowest BCUT2D eigenvalue weighted by Crippen LogP contribution is -2.34. The van der Waals surface area contributed by atoms with E-state index in [-0.39, 0.29) is 24.6 Å². The van der Waals surface area contributed by atoms with E-state index in [1.807, 2.05) is 23.1 Å². The van der Waals surface area contributed by atoms with Gasteiger partial charge in [0.05, 0.1) is 17.7 Å². The molecule has 0 radical (unpaired) electrons. The summed E-state index contributed by atoms with van der Waals surface area (Å²) in [6.45, 7) is 5.30. The number of carbonyl (C=O) groups excluding carboxylic acids is 2. The van der Waals surface area contributed by atoms with Crippen LogP contribution in [0.3, 0.4) is 0 Å². The molecule has 3 heterocycles. The predicted octanol–water partition coefficient (Wildman–Crippen LogP) is 3.04. The lowest BCUT2D eigenvalue weighted by molar-refractivity contribution is -0.133. The summed E-state index contributed by atoms with van der Waals surface area (Å²) in [5.41, 5.74) is 2.05. The second-order valence-electron chi connectivity index (χ2n) is 8.83. The predicted molar refractivity (Wildman–Crippen MR) is 125 cm³/mol. The summed E-state index contributed by atoms with van der Waals surface area (Å²) < 4.78 is 16.6. The normalized spacial score (nSPS) is 17.0. The molecule has 2 aromatic carbocycles. The molecule has 1 atom stereocenters. The van der Waals surface area contributed by atoms with E-state index in [1.54, 1.807) is 38.1 Å². The summed E-state index contributed by atoms with van der Waals surface area (Å²) in [6.07, 6.45) is 1.58. The van der Waals surface area contributed by atoms with Crippen LogP contribution >= 0.6 is 0 Å². The number of likely N-dealkylation sites (tertiary alicyclic amines) is 1. The highest BCUT2D eigenvalue weighted by atomic mass is 16.6. The third-order valence-electron chi connectivity index (χ3n) is 5.95. The molecule has 0 saturated carbocycles. The fourth-order valence-corrected chi connectivity index (χ4v) is 4.38. The highest BCUT2D eigenvalue weighted by Crippen LogP contribution is 2.38. The number of carbonyl (C=O) groups is 2. The third-order valence-corrected chi connectivity index (χ3v) is 5.95. The van der Waals surface area contributed by atoms with E-state index >= 15 is 0 Å². The van der Waals surface area contributed by atoms with Crippen molar-refractivity contribution >= 4 is 11.9 Å². The summed E-state index contributed by atoms with van der Waals surface area (Å²) in [5, 5.41) is 12.5. The molecule has 0 N–H and O–H groups in total. The Labute approximate surface area is 202 Å². The van der Waals surface area contributed by atoms with E-state index in [9.17, 15) is 9.59 Å². The molecule has 0 spiro atoms. The van der Waals surface area contributed by atoms with E-state index in [2.05, 4.69) is 15.4 Å². The Morgan fingerprint density at radius 2 is 1.94 bits per heavy atom. The zero-order chi connectivity index (χ0) is 24.4. The van der Waals surface area contributed by atoms with Gasteiger partial charge in [-0.2, -0.15) is 4.80 Å². The Morgan fingerprint density at radius 3 is 2.77 bits per heavy atom. The molecular formula is C25H27N5O5. The van der Waals surface area contributed by atoms with Crippen LogP contribution in [0.5, 0.6) is 11.5 Å². The average molecular weight is 478 g/mol. The van der Waals surface area contributed by atoms with Crippen molar-refractivity contribution in [1.29, 1.82) is 0 Å². The SMILES string of the molecule is CC(C)OC(=O)c1cccc(-c2nnn(CC(=O)N3CCCC3c3ccc4c(c3)OCCO4)n2)c1. The molecule has 10 heteroatoms. The largest absolute Gasteiger partial charge is 0.486 e. The minimum Gasteiger partial charge on any atom is -0.486 e. The number of hydrogen-bond donors (Lipinski definition) is 0. The molecule has 1 unspecified atom stereocenters. The molecule has 10 nitrogen and oxygen atoms in total. The average Bonchev–Trinajstić information content (AvgIpc) is 3.53. The Bertz CT molecular complexity index is 1240. The summed E-state index contributed by atoms with van der Waals surface area (Å²) in [7, 11) is 0. The van der Waals surface area contributed by atoms with Crippen molar-refractivity contribution < 1.29 is 23.8 Å². The van der Waals surface area contributed by atoms with Gasteiger partial charge in [-0.1, -0.05) is 18.2 Å². The topological polar surface area (TPSA) is 109 Å². The standard InChI is InChI=1S/C25H27N5O5/c1-16(2)35-25(32)19-6-3-5-18(13-19)24-26-28-30(27-24)15-23(31)29-10-4-7-20(29)17-8-9-21-22(14-17)34-12-11-33-21/h3,5-6,8-9,13-14,16,20H,4,7,10-12,15H2,1-2H3. The lowest BCUT2D eigenvalue weighted by atomic mass is 10.0. The number of benzene rings is 2. The molecule has 0 aliphatic carbocycles. The molecule has 1 fully saturated rings. The molecule has 2 aliphatic heterocycles. The number of amides is 1. The summed E-state index contributed by atoms with van der Waals surface area (Å²) in [6, 6.07) is 12.7. The van der Waals surface area contributed by atoms with Gasteiger partial charge in [0.15, 0.2) is 11.5 Å². The zero-order valence-corrected chi connectivity index (χ0v) is 19.7. The van der Waals surface area contributed by atoms with E-state index in [4.69, 9.17) is 14.2 Å². The molecule has 1 aromatic heterocycles. The number of rotatable bonds is 6. The molecule has 0 bridgehead atoms. The second-order valence-corrected chi connectivity index (χ2v) is 8.83. The van der Waals surface area contributed by atoms with Gasteiger partial charge in [-0.25, -0.2) is 4.79 Å². The van der Waals surface area contributed by atoms with Crippen LogP contribution in [0, 0.1) is 0 Å². The van der Waals surface area contributed by atoms with Gasteiger partial charge in [-0.05, 0) is 61.7 Å². The van der Waals surface area contributed by atoms with E-state index in [0.29, 0.717) is 36.7 Å². The van der Waals surface area contributed by atoms with Crippen molar-refractivity contribution in [1.82, 2.24) is 25.1 Å². The Kier molecular flexibility index (Phi) is 6.35. The quantitative estimate of drug-likeness (QED) is 0.499. The molecule has 1 saturated heterocycles. The van der Waals surface area contributed by atoms with Gasteiger partial charge in [0.1, 0.15) is 19.8 Å². The van der Waals surface area contributed by atoms with Gasteiger partial charge < -0.3 is 19.1 Å². The molecule has 35 heavy (non-hydrogen) atoms. The second kappa shape index (κ2) is 9.73. The monoisotopic (exact) mass is 477 g/mol. The highest BCUT2D eigenvalue weighted by molar-refractivity contribution is 5.90. The van der Waals surface area contributed by atoms with Crippen LogP contribution in [0.15, 0.2) is 42.5 Å². The lowest BCUT2D eigenvalue weighted by Gasteiger charge is -2.26. The fraction of sp³-hybridized carbons (Fsp3) is 0.400. The number of hydrogen-bond acceptors (Lipinski definition) is 8. The smallest absolute Gasteiger partial charge is 0.338 e. The molecule has 1 amide bonds. The first-order valence-corrected chi connectivity index (χ1v) is 11.8. The Hall–Kier alpha value is -3.95. The van der Waals surface area contributed by atoms with Crippen molar-refractivity contribution in [3.63, 3.8) is 0 Å².